The third kappa shape index (κ3) is 9.82. The van der Waals surface area contributed by atoms with Gasteiger partial charge in [-0.15, -0.1) is 30.7 Å². The maximum atomic E-state index is 12.7. The van der Waals surface area contributed by atoms with E-state index in [0.29, 0.717) is 16.4 Å². The predicted molar refractivity (Wildman–Crippen MR) is 224 cm³/mol. The molecule has 63 heavy (non-hydrogen) atoms. The second kappa shape index (κ2) is 17.4. The Hall–Kier alpha value is -7.58. The van der Waals surface area contributed by atoms with E-state index in [1.165, 1.54) is 35.6 Å². The number of aromatic nitrogens is 3. The van der Waals surface area contributed by atoms with E-state index < -0.39 is 71.3 Å². The molecule has 0 aliphatic heterocycles. The van der Waals surface area contributed by atoms with Gasteiger partial charge in [-0.25, -0.2) is 14.6 Å². The number of aromatic carboxylic acids is 2. The quantitative estimate of drug-likeness (QED) is 0.0317. The average molecular weight is 916 g/mol. The molecule has 6 N–H and O–H groups in total. The summed E-state index contributed by atoms with van der Waals surface area (Å²) in [6.45, 7) is 1.53. The van der Waals surface area contributed by atoms with Crippen molar-refractivity contribution < 1.29 is 60.7 Å². The molecule has 0 atom stereocenters. The van der Waals surface area contributed by atoms with Gasteiger partial charge in [-0.1, -0.05) is 29.5 Å². The van der Waals surface area contributed by atoms with Crippen molar-refractivity contribution in [1.29, 1.82) is 0 Å². The first-order valence-electron chi connectivity index (χ1n) is 17.8. The summed E-state index contributed by atoms with van der Waals surface area (Å²) in [5, 5.41) is 69.5. The standard InChI is InChI=1S/C38H29N9O13S3/c1-19-13-29(31(60-11-4-12-62(54,55)56)17-28(19)43-46-38-40-25-5-2-3-6-32(25)61-38)44-41-26-9-8-24-23(33(26)48)7-10-27(34(24)63(57,58)59)42-45-30-18-39-47(35(30)49)22-15-20(36(50)51)14-21(16-22)37(52)53/h2-3,5-10,13-18,48-49H,4,11-12H2,1H3,(H,50,51)(H,52,53)(H,54,55,56)(H,57,58,59). The Bertz CT molecular complexity index is 3250. The molecule has 0 aliphatic rings. The second-order valence-corrected chi connectivity index (χ2v) is 17.2. The van der Waals surface area contributed by atoms with E-state index in [1.807, 2.05) is 24.3 Å². The molecule has 0 aliphatic carbocycles. The van der Waals surface area contributed by atoms with Crippen LogP contribution in [0.1, 0.15) is 32.7 Å². The summed E-state index contributed by atoms with van der Waals surface area (Å²) in [7, 11) is -9.36. The van der Waals surface area contributed by atoms with Gasteiger partial charge >= 0.3 is 11.9 Å². The van der Waals surface area contributed by atoms with Gasteiger partial charge in [0.1, 0.15) is 27.7 Å². The van der Waals surface area contributed by atoms with Crippen LogP contribution in [-0.4, -0.2) is 85.4 Å². The molecule has 0 radical (unpaired) electrons. The lowest BCUT2D eigenvalue weighted by Crippen LogP contribution is -2.08. The Morgan fingerprint density at radius 1 is 0.746 bits per heavy atom. The number of ether oxygens (including phenoxy) is 1. The molecule has 322 valence electrons. The van der Waals surface area contributed by atoms with Crippen LogP contribution in [0.25, 0.3) is 26.7 Å². The maximum Gasteiger partial charge on any atom is 0.335 e. The van der Waals surface area contributed by atoms with Crippen molar-refractivity contribution >= 4 is 98.1 Å². The van der Waals surface area contributed by atoms with E-state index in [-0.39, 0.29) is 52.3 Å². The summed E-state index contributed by atoms with van der Waals surface area (Å²) < 4.78 is 75.0. The van der Waals surface area contributed by atoms with Crippen LogP contribution in [-0.2, 0) is 20.2 Å². The lowest BCUT2D eigenvalue weighted by Gasteiger charge is -2.11. The molecule has 0 saturated carbocycles. The number of carboxylic acids is 2. The Labute approximate surface area is 358 Å². The van der Waals surface area contributed by atoms with Gasteiger partial charge in [0.2, 0.25) is 11.0 Å². The first-order valence-corrected chi connectivity index (χ1v) is 21.7. The number of phenolic OH excluding ortho intramolecular Hbond substituents is 1. The van der Waals surface area contributed by atoms with Crippen molar-refractivity contribution in [2.45, 2.75) is 18.2 Å². The van der Waals surface area contributed by atoms with Gasteiger partial charge in [0.15, 0.2) is 11.4 Å². The van der Waals surface area contributed by atoms with Gasteiger partial charge in [0.05, 0.1) is 51.3 Å². The minimum Gasteiger partial charge on any atom is -0.505 e. The molecule has 0 bridgehead atoms. The molecule has 0 saturated heterocycles. The smallest absolute Gasteiger partial charge is 0.335 e. The number of hydrogen-bond acceptors (Lipinski definition) is 18. The van der Waals surface area contributed by atoms with Gasteiger partial charge in [-0.05, 0) is 73.5 Å². The van der Waals surface area contributed by atoms with E-state index >= 15 is 0 Å². The van der Waals surface area contributed by atoms with Crippen LogP contribution < -0.4 is 4.74 Å². The monoisotopic (exact) mass is 915 g/mol. The highest BCUT2D eigenvalue weighted by atomic mass is 32.2. The first-order chi connectivity index (χ1) is 29.9. The normalized spacial score (nSPS) is 12.4. The molecule has 0 fully saturated rings. The number of benzene rings is 5. The van der Waals surface area contributed by atoms with Crippen molar-refractivity contribution in [1.82, 2.24) is 14.8 Å². The fourth-order valence-electron chi connectivity index (χ4n) is 5.94. The van der Waals surface area contributed by atoms with Crippen LogP contribution in [0, 0.1) is 6.92 Å². The van der Waals surface area contributed by atoms with Crippen LogP contribution >= 0.6 is 11.3 Å². The number of aromatic hydroxyl groups is 2. The summed E-state index contributed by atoms with van der Waals surface area (Å²) >= 11 is 1.33. The number of thiazole rings is 1. The number of para-hydroxylation sites is 1. The molecule has 5 aromatic carbocycles. The van der Waals surface area contributed by atoms with Crippen LogP contribution in [0.5, 0.6) is 17.4 Å². The van der Waals surface area contributed by atoms with Crippen LogP contribution in [0.4, 0.5) is 33.6 Å². The van der Waals surface area contributed by atoms with Gasteiger partial charge in [-0.2, -0.15) is 26.6 Å². The number of aryl methyl sites for hydroxylation is 1. The Kier molecular flexibility index (Phi) is 12.0. The maximum absolute atomic E-state index is 12.7. The number of nitrogens with zero attached hydrogens (tertiary/aromatic N) is 9. The van der Waals surface area contributed by atoms with E-state index in [0.717, 1.165) is 45.4 Å². The number of azo groups is 3. The molecule has 7 aromatic rings. The van der Waals surface area contributed by atoms with Crippen molar-refractivity contribution in [3.8, 4) is 23.1 Å². The Morgan fingerprint density at radius 3 is 2.06 bits per heavy atom. The van der Waals surface area contributed by atoms with Crippen LogP contribution in [0.2, 0.25) is 0 Å². The molecule has 2 heterocycles. The number of phenols is 1. The molecular formula is C38H29N9O13S3. The zero-order valence-corrected chi connectivity index (χ0v) is 34.4. The van der Waals surface area contributed by atoms with E-state index in [2.05, 4.69) is 40.8 Å². The molecule has 0 amide bonds. The van der Waals surface area contributed by atoms with Gasteiger partial charge in [-0.3, -0.25) is 9.11 Å². The van der Waals surface area contributed by atoms with E-state index in [1.54, 1.807) is 13.0 Å². The van der Waals surface area contributed by atoms with Crippen LogP contribution in [0.3, 0.4) is 0 Å². The van der Waals surface area contributed by atoms with Crippen molar-refractivity contribution in [3.63, 3.8) is 0 Å². The SMILES string of the molecule is Cc1cc(N=Nc2ccc3c(S(=O)(=O)O)c(N=Nc4cnn(-c5cc(C(=O)O)cc(C(=O)O)c5)c4O)ccc3c2O)c(OCCCS(=O)(=O)O)cc1N=Nc1nc2ccccc2s1. The summed E-state index contributed by atoms with van der Waals surface area (Å²) in [6, 6.07) is 18.2. The van der Waals surface area contributed by atoms with Crippen molar-refractivity contribution in [3.05, 3.63) is 102 Å². The molecule has 0 spiro atoms. The number of fused-ring (bicyclic) bond motifs is 2. The number of hydrogen-bond donors (Lipinski definition) is 6. The summed E-state index contributed by atoms with van der Waals surface area (Å²) in [5.74, 6) is -4.69. The van der Waals surface area contributed by atoms with Gasteiger partial charge in [0.25, 0.3) is 20.2 Å². The van der Waals surface area contributed by atoms with Crippen LogP contribution in [0.15, 0.2) is 121 Å². The van der Waals surface area contributed by atoms with Gasteiger partial charge < -0.3 is 25.2 Å². The summed E-state index contributed by atoms with van der Waals surface area (Å²) in [4.78, 5) is 26.8. The lowest BCUT2D eigenvalue weighted by molar-refractivity contribution is 0.0696. The fraction of sp³-hybridized carbons (Fsp3) is 0.105. The van der Waals surface area contributed by atoms with E-state index in [4.69, 9.17) is 9.29 Å². The van der Waals surface area contributed by atoms with E-state index in [9.17, 15) is 51.4 Å². The topological polar surface area (TPSA) is 338 Å². The lowest BCUT2D eigenvalue weighted by atomic mass is 10.1. The third-order valence-electron chi connectivity index (χ3n) is 8.86. The molecule has 22 nitrogen and oxygen atoms in total. The highest BCUT2D eigenvalue weighted by Gasteiger charge is 2.23. The molecule has 25 heteroatoms. The number of rotatable bonds is 15. The average Bonchev–Trinajstić information content (AvgIpc) is 3.82. The zero-order valence-electron chi connectivity index (χ0n) is 32.0. The predicted octanol–water partition coefficient (Wildman–Crippen LogP) is 8.90. The summed E-state index contributed by atoms with van der Waals surface area (Å²) in [5.41, 5.74) is -0.209. The zero-order chi connectivity index (χ0) is 45.2. The highest BCUT2D eigenvalue weighted by Crippen LogP contribution is 2.43. The number of carbonyl (C=O) groups is 2. The molecule has 2 aromatic heterocycles. The Morgan fingerprint density at radius 2 is 1.38 bits per heavy atom. The second-order valence-electron chi connectivity index (χ2n) is 13.2. The first kappa shape index (κ1) is 43.5. The van der Waals surface area contributed by atoms with Crippen molar-refractivity contribution in [2.24, 2.45) is 30.7 Å². The third-order valence-corrected chi connectivity index (χ3v) is 11.5. The van der Waals surface area contributed by atoms with Crippen molar-refractivity contribution in [2.75, 3.05) is 12.4 Å². The Balaban J connectivity index is 1.20. The van der Waals surface area contributed by atoms with Gasteiger partial charge in [0, 0.05) is 16.8 Å². The fourth-order valence-corrected chi connectivity index (χ4v) is 8.04. The largest absolute Gasteiger partial charge is 0.505 e. The minimum atomic E-state index is -5.09. The summed E-state index contributed by atoms with van der Waals surface area (Å²) in [6.07, 6.45) is 0.890. The molecular weight excluding hydrogens is 887 g/mol. The molecule has 7 rings (SSSR count). The number of carboxylic acid groups (broad SMARTS) is 2. The highest BCUT2D eigenvalue weighted by molar-refractivity contribution is 7.86. The molecule has 0 unspecified atom stereocenters. The minimum absolute atomic E-state index is 0.0808.